The van der Waals surface area contributed by atoms with Crippen LogP contribution in [0.5, 0.6) is 0 Å². The van der Waals surface area contributed by atoms with Crippen LogP contribution in [0.4, 0.5) is 0 Å². The molecule has 0 aliphatic heterocycles. The molecule has 0 aliphatic rings. The van der Waals surface area contributed by atoms with Crippen LogP contribution in [0.3, 0.4) is 0 Å². The Hall–Kier alpha value is -6.12. The minimum absolute atomic E-state index is 0. The Morgan fingerprint density at radius 2 is 0.792 bits per heavy atom. The fourth-order valence-electron chi connectivity index (χ4n) is 6.71. The Balaban J connectivity index is 0.000000148. The first-order valence-corrected chi connectivity index (χ1v) is 16.3. The molecule has 6 aromatic heterocycles. The molecule has 0 bridgehead atoms. The van der Waals surface area contributed by atoms with E-state index in [1.54, 1.807) is 24.3 Å². The van der Waals surface area contributed by atoms with Gasteiger partial charge in [0.25, 0.3) is 22.1 Å². The number of hydrogen-bond acceptors (Lipinski definition) is 6. The molecule has 6 heterocycles. The third kappa shape index (κ3) is 5.95. The van der Waals surface area contributed by atoms with Gasteiger partial charge in [0.1, 0.15) is 22.7 Å². The van der Waals surface area contributed by atoms with Crippen molar-refractivity contribution >= 4 is 123 Å². The minimum Gasteiger partial charge on any atom is -0.545 e. The number of hydrogen-bond donors (Lipinski definition) is 2. The summed E-state index contributed by atoms with van der Waals surface area (Å²) in [5.41, 5.74) is 9.48. The summed E-state index contributed by atoms with van der Waals surface area (Å²) in [6.07, 6.45) is 7.57. The van der Waals surface area contributed by atoms with Crippen LogP contribution in [-0.4, -0.2) is 77.4 Å². The maximum atomic E-state index is 10.9. The van der Waals surface area contributed by atoms with Gasteiger partial charge in [-0.15, -0.1) is 0 Å². The quantitative estimate of drug-likeness (QED) is 0.204. The van der Waals surface area contributed by atoms with Gasteiger partial charge in [0.2, 0.25) is 0 Å². The second-order valence-corrected chi connectivity index (χ2v) is 12.2. The number of nitrogens with one attached hydrogen (secondary N) is 6. The van der Waals surface area contributed by atoms with E-state index in [4.69, 9.17) is 9.97 Å². The average Bonchev–Trinajstić information content (AvgIpc) is 3.86. The van der Waals surface area contributed by atoms with Crippen molar-refractivity contribution in [2.75, 3.05) is 0 Å². The van der Waals surface area contributed by atoms with Crippen LogP contribution in [0, 0.1) is 0 Å². The maximum Gasteiger partial charge on any atom is 2.00 e. The van der Waals surface area contributed by atoms with Crippen molar-refractivity contribution in [3.8, 4) is 22.8 Å². The monoisotopic (exact) mass is 770 g/mol. The summed E-state index contributed by atoms with van der Waals surface area (Å²) in [6, 6.07) is 28.9. The summed E-state index contributed by atoms with van der Waals surface area (Å²) < 4.78 is 0. The Kier molecular flexibility index (Phi) is 8.84. The van der Waals surface area contributed by atoms with Gasteiger partial charge in [0.15, 0.2) is 24.8 Å². The van der Waals surface area contributed by atoms with Crippen molar-refractivity contribution in [3.05, 3.63) is 133 Å². The molecule has 12 nitrogen and oxygen atoms in total. The summed E-state index contributed by atoms with van der Waals surface area (Å²) >= 11 is 0. The molecule has 10 rings (SSSR count). The Morgan fingerprint density at radius 3 is 1.13 bits per heavy atom. The van der Waals surface area contributed by atoms with Crippen molar-refractivity contribution < 1.29 is 39.7 Å². The van der Waals surface area contributed by atoms with Crippen molar-refractivity contribution in [1.29, 1.82) is 0 Å². The van der Waals surface area contributed by atoms with E-state index in [1.165, 1.54) is 24.3 Å². The molecule has 0 aliphatic carbocycles. The van der Waals surface area contributed by atoms with E-state index in [-0.39, 0.29) is 56.6 Å². The molecule has 4 aromatic carbocycles. The first-order chi connectivity index (χ1) is 25.4. The predicted molar refractivity (Wildman–Crippen MR) is 194 cm³/mol. The van der Waals surface area contributed by atoms with Gasteiger partial charge in [-0.2, -0.15) is 0 Å². The van der Waals surface area contributed by atoms with Gasteiger partial charge >= 0.3 is 45.5 Å². The number of aromatic amines is 6. The molecule has 248 valence electrons. The molecular weight excluding hydrogens is 744 g/mol. The molecule has 10 aromatic rings. The number of nitrogens with zero attached hydrogens (tertiary/aromatic N) is 2. The molecule has 13 heteroatoms. The third-order valence-corrected chi connectivity index (χ3v) is 9.17. The first-order valence-electron chi connectivity index (χ1n) is 16.3. The summed E-state index contributed by atoms with van der Waals surface area (Å²) in [6.45, 7) is 0. The smallest absolute Gasteiger partial charge is 0.545 e. The maximum absolute atomic E-state index is 10.9. The third-order valence-electron chi connectivity index (χ3n) is 9.17. The predicted octanol–water partition coefficient (Wildman–Crippen LogP) is 2.68. The van der Waals surface area contributed by atoms with Crippen LogP contribution in [0.15, 0.2) is 122 Å². The zero-order valence-corrected chi connectivity index (χ0v) is 31.3. The van der Waals surface area contributed by atoms with E-state index in [0.717, 1.165) is 76.8 Å². The molecule has 53 heavy (non-hydrogen) atoms. The van der Waals surface area contributed by atoms with E-state index in [2.05, 4.69) is 29.9 Å². The standard InChI is InChI=1S/2C20H12N4O2.Sr/c2*25-20(26)12-7-5-11(6-8-12)19-23-17-13-3-1-9-21-15(13)16-14(18(17)24-19)4-2-10-22-16;/h2*1-10H,(H,23,24)(H,25,26);/q;;+2/p+2. The number of carbonyl (C=O) groups is 2. The number of carboxylic acids is 2. The molecule has 0 saturated heterocycles. The van der Waals surface area contributed by atoms with Gasteiger partial charge in [0.05, 0.1) is 44.5 Å². The molecule has 0 saturated carbocycles. The average molecular weight is 770 g/mol. The van der Waals surface area contributed by atoms with Crippen molar-refractivity contribution in [2.45, 2.75) is 0 Å². The molecule has 0 fully saturated rings. The van der Waals surface area contributed by atoms with E-state index in [1.807, 2.05) is 73.3 Å². The zero-order valence-electron chi connectivity index (χ0n) is 27.8. The number of pyridine rings is 4. The number of rotatable bonds is 4. The number of benzene rings is 4. The van der Waals surface area contributed by atoms with Crippen LogP contribution in [0.2, 0.25) is 0 Å². The molecule has 0 amide bonds. The van der Waals surface area contributed by atoms with Crippen molar-refractivity contribution in [2.24, 2.45) is 0 Å². The first kappa shape index (κ1) is 34.0. The summed E-state index contributed by atoms with van der Waals surface area (Å²) in [5, 5.41) is 26.0. The summed E-state index contributed by atoms with van der Waals surface area (Å²) in [7, 11) is 0. The molecule has 6 N–H and O–H groups in total. The van der Waals surface area contributed by atoms with E-state index in [9.17, 15) is 19.8 Å². The topological polar surface area (TPSA) is 194 Å². The number of H-pyrrole nitrogens is 6. The molecule has 0 atom stereocenters. The number of carbonyl (C=O) groups excluding carboxylic acids is 2. The van der Waals surface area contributed by atoms with E-state index >= 15 is 0 Å². The Labute approximate surface area is 335 Å². The van der Waals surface area contributed by atoms with Gasteiger partial charge in [-0.1, -0.05) is 48.5 Å². The fourth-order valence-corrected chi connectivity index (χ4v) is 6.71. The number of imidazole rings is 2. The van der Waals surface area contributed by atoms with Gasteiger partial charge in [-0.3, -0.25) is 0 Å². The van der Waals surface area contributed by atoms with Crippen molar-refractivity contribution in [1.82, 2.24) is 19.9 Å². The number of carboxylic acid groups (broad SMARTS) is 2. The van der Waals surface area contributed by atoms with E-state index in [0.29, 0.717) is 11.6 Å². The summed E-state index contributed by atoms with van der Waals surface area (Å²) in [5.74, 6) is -1.01. The Bertz CT molecular complexity index is 2680. The summed E-state index contributed by atoms with van der Waals surface area (Å²) in [4.78, 5) is 51.4. The van der Waals surface area contributed by atoms with Gasteiger partial charge in [-0.05, 0) is 35.4 Å². The van der Waals surface area contributed by atoms with Crippen LogP contribution < -0.4 is 30.1 Å². The fraction of sp³-hybridized carbons (Fsp3) is 0. The van der Waals surface area contributed by atoms with Crippen LogP contribution in [0.25, 0.3) is 88.5 Å². The van der Waals surface area contributed by atoms with Crippen LogP contribution >= 0.6 is 0 Å². The van der Waals surface area contributed by atoms with Crippen LogP contribution in [0.1, 0.15) is 20.7 Å². The van der Waals surface area contributed by atoms with Gasteiger partial charge in [0, 0.05) is 35.4 Å². The van der Waals surface area contributed by atoms with Crippen LogP contribution in [-0.2, 0) is 0 Å². The van der Waals surface area contributed by atoms with Crippen molar-refractivity contribution in [3.63, 3.8) is 0 Å². The number of fused-ring (bicyclic) bond motifs is 12. The Morgan fingerprint density at radius 1 is 0.472 bits per heavy atom. The minimum atomic E-state index is -1.19. The normalized spacial score (nSPS) is 11.2. The number of aromatic nitrogens is 8. The SMILES string of the molecule is O=C([O-])c1ccc(-c2nc3c4ccc[nH+]c4c4[nH+]cccc4c3[nH]2)cc1.O=C([O-])c1ccc(-c2nc3c4ccc[nH+]c4c4[nH+]cccc4c3[nH]2)cc1.[Sr+2]. The molecule has 0 radical (unpaired) electrons. The molecular formula is C40H26N8O4Sr+4. The zero-order chi connectivity index (χ0) is 35.3. The van der Waals surface area contributed by atoms with Gasteiger partial charge < -0.3 is 29.8 Å². The second kappa shape index (κ2) is 13.8. The number of aromatic carboxylic acids is 2. The van der Waals surface area contributed by atoms with E-state index < -0.39 is 11.9 Å². The molecule has 0 unspecified atom stereocenters. The molecule has 0 spiro atoms. The van der Waals surface area contributed by atoms with Gasteiger partial charge in [-0.25, -0.2) is 29.9 Å². The largest absolute Gasteiger partial charge is 2.00 e. The second-order valence-electron chi connectivity index (χ2n) is 12.2.